The predicted molar refractivity (Wildman–Crippen MR) is 226 cm³/mol. The quantitative estimate of drug-likeness (QED) is 0.147. The van der Waals surface area contributed by atoms with Crippen LogP contribution >= 0.6 is 0 Å². The van der Waals surface area contributed by atoms with Gasteiger partial charge in [-0.3, -0.25) is 0 Å². The fourth-order valence-electron chi connectivity index (χ4n) is 12.0. The number of hydrogen-bond acceptors (Lipinski definition) is 0. The Hall–Kier alpha value is -3.16. The Bertz CT molecular complexity index is 1810. The number of fused-ring (bicyclic) bond motifs is 2. The highest BCUT2D eigenvalue weighted by atomic mass is 28.3. The summed E-state index contributed by atoms with van der Waals surface area (Å²) in [5.41, 5.74) is 13.5. The number of benzene rings is 3. The maximum absolute atomic E-state index is 2.85. The minimum Gasteiger partial charge on any atom is -0.0808 e. The Balaban J connectivity index is 1.22. The minimum atomic E-state index is -1.79. The Morgan fingerprint density at radius 1 is 0.686 bits per heavy atom. The lowest BCUT2D eigenvalue weighted by molar-refractivity contribution is 0.433. The third-order valence-corrected chi connectivity index (χ3v) is 19.2. The molecule has 0 nitrogen and oxygen atoms in total. The van der Waals surface area contributed by atoms with Crippen LogP contribution in [0, 0.1) is 42.4 Å². The molecule has 7 rings (SSSR count). The standard InChI is InChI=1S/C50H64Si/c1-9-10-11-13-22-38-32-46-42(41-24-17-16-23-39(41)36-20-14-12-15-21-36)26-19-28-44(46)49(38)51(7,8)48-35(3)31-45-40(25-18-27-43(45)48)37-30-29-34(2)47(33-37)50(4,5)6/h12,14-21,23-30,33,35,38,43-46,48-49H,9-11,13,22,31-32H2,1-8H3. The van der Waals surface area contributed by atoms with Crippen LogP contribution in [0.3, 0.4) is 0 Å². The van der Waals surface area contributed by atoms with Crippen molar-refractivity contribution in [3.63, 3.8) is 0 Å². The summed E-state index contributed by atoms with van der Waals surface area (Å²) in [6, 6.07) is 27.7. The van der Waals surface area contributed by atoms with Gasteiger partial charge in [-0.25, -0.2) is 0 Å². The zero-order valence-corrected chi connectivity index (χ0v) is 34.0. The first kappa shape index (κ1) is 36.2. The second-order valence-corrected chi connectivity index (χ2v) is 23.5. The summed E-state index contributed by atoms with van der Waals surface area (Å²) in [7, 11) is -1.79. The van der Waals surface area contributed by atoms with Gasteiger partial charge in [0.05, 0.1) is 8.07 Å². The van der Waals surface area contributed by atoms with E-state index >= 15 is 0 Å². The maximum atomic E-state index is 2.85. The van der Waals surface area contributed by atoms with E-state index in [1.165, 1.54) is 78.3 Å². The molecule has 0 bridgehead atoms. The highest BCUT2D eigenvalue weighted by Gasteiger charge is 2.58. The summed E-state index contributed by atoms with van der Waals surface area (Å²) in [5, 5.41) is 0. The third kappa shape index (κ3) is 6.90. The molecule has 3 aromatic carbocycles. The van der Waals surface area contributed by atoms with Crippen LogP contribution in [0.25, 0.3) is 22.3 Å². The van der Waals surface area contributed by atoms with E-state index in [1.54, 1.807) is 11.1 Å². The molecular formula is C50H64Si. The molecule has 4 aliphatic rings. The molecule has 0 aromatic heterocycles. The summed E-state index contributed by atoms with van der Waals surface area (Å²) in [4.78, 5) is 0. The van der Waals surface area contributed by atoms with Crippen molar-refractivity contribution in [2.45, 2.75) is 116 Å². The van der Waals surface area contributed by atoms with Crippen LogP contribution in [0.15, 0.2) is 109 Å². The molecule has 0 spiro atoms. The van der Waals surface area contributed by atoms with E-state index in [4.69, 9.17) is 0 Å². The van der Waals surface area contributed by atoms with Crippen molar-refractivity contribution in [3.8, 4) is 11.1 Å². The highest BCUT2D eigenvalue weighted by molar-refractivity contribution is 6.80. The summed E-state index contributed by atoms with van der Waals surface area (Å²) in [6.45, 7) is 20.1. The second kappa shape index (κ2) is 14.7. The fraction of sp³-hybridized carbons (Fsp3) is 0.480. The van der Waals surface area contributed by atoms with Crippen molar-refractivity contribution >= 4 is 19.2 Å². The molecule has 1 heteroatoms. The lowest BCUT2D eigenvalue weighted by Gasteiger charge is -2.46. The summed E-state index contributed by atoms with van der Waals surface area (Å²) in [5.74, 6) is 4.11. The van der Waals surface area contributed by atoms with Crippen LogP contribution in [0.1, 0.15) is 102 Å². The van der Waals surface area contributed by atoms with Gasteiger partial charge in [-0.2, -0.15) is 0 Å². The van der Waals surface area contributed by atoms with Gasteiger partial charge in [-0.1, -0.05) is 189 Å². The van der Waals surface area contributed by atoms with E-state index in [9.17, 15) is 0 Å². The number of rotatable bonds is 10. The molecule has 2 fully saturated rings. The number of aryl methyl sites for hydroxylation is 1. The Kier molecular flexibility index (Phi) is 10.4. The van der Waals surface area contributed by atoms with E-state index in [0.29, 0.717) is 23.7 Å². The molecule has 0 amide bonds. The zero-order valence-electron chi connectivity index (χ0n) is 33.0. The van der Waals surface area contributed by atoms with Gasteiger partial charge in [-0.05, 0) is 116 Å². The fourth-order valence-corrected chi connectivity index (χ4v) is 18.3. The molecular weight excluding hydrogens is 629 g/mol. The Morgan fingerprint density at radius 2 is 1.33 bits per heavy atom. The van der Waals surface area contributed by atoms with Crippen LogP contribution in [0.2, 0.25) is 24.2 Å². The molecule has 0 radical (unpaired) electrons. The van der Waals surface area contributed by atoms with E-state index in [1.807, 2.05) is 0 Å². The Morgan fingerprint density at radius 3 is 2.04 bits per heavy atom. The maximum Gasteiger partial charge on any atom is 0.0553 e. The monoisotopic (exact) mass is 692 g/mol. The smallest absolute Gasteiger partial charge is 0.0553 e. The molecule has 4 aliphatic carbocycles. The summed E-state index contributed by atoms with van der Waals surface area (Å²) >= 11 is 0. The van der Waals surface area contributed by atoms with Gasteiger partial charge < -0.3 is 0 Å². The van der Waals surface area contributed by atoms with E-state index < -0.39 is 8.07 Å². The van der Waals surface area contributed by atoms with Crippen molar-refractivity contribution in [2.24, 2.45) is 35.5 Å². The van der Waals surface area contributed by atoms with Crippen molar-refractivity contribution in [3.05, 3.63) is 132 Å². The van der Waals surface area contributed by atoms with Crippen LogP contribution in [-0.2, 0) is 5.41 Å². The largest absolute Gasteiger partial charge is 0.0808 e. The average Bonchev–Trinajstić information content (AvgIpc) is 3.68. The summed E-state index contributed by atoms with van der Waals surface area (Å²) < 4.78 is 0. The first-order chi connectivity index (χ1) is 24.5. The molecule has 3 aromatic rings. The molecule has 2 saturated carbocycles. The minimum absolute atomic E-state index is 0.151. The topological polar surface area (TPSA) is 0 Å². The van der Waals surface area contributed by atoms with Crippen molar-refractivity contribution in [2.75, 3.05) is 0 Å². The molecule has 0 aliphatic heterocycles. The molecule has 268 valence electrons. The second-order valence-electron chi connectivity index (χ2n) is 18.5. The van der Waals surface area contributed by atoms with Crippen LogP contribution in [0.5, 0.6) is 0 Å². The van der Waals surface area contributed by atoms with Gasteiger partial charge in [0.2, 0.25) is 0 Å². The average molecular weight is 693 g/mol. The van der Waals surface area contributed by atoms with Crippen molar-refractivity contribution < 1.29 is 0 Å². The van der Waals surface area contributed by atoms with Gasteiger partial charge in [0.25, 0.3) is 0 Å². The highest BCUT2D eigenvalue weighted by Crippen LogP contribution is 2.65. The van der Waals surface area contributed by atoms with Gasteiger partial charge in [0.15, 0.2) is 0 Å². The summed E-state index contributed by atoms with van der Waals surface area (Å²) in [6.07, 6.45) is 24.8. The van der Waals surface area contributed by atoms with Crippen molar-refractivity contribution in [1.29, 1.82) is 0 Å². The number of unbranched alkanes of at least 4 members (excludes halogenated alkanes) is 3. The van der Waals surface area contributed by atoms with E-state index in [-0.39, 0.29) is 5.41 Å². The first-order valence-corrected chi connectivity index (χ1v) is 23.7. The van der Waals surface area contributed by atoms with Crippen LogP contribution < -0.4 is 0 Å². The normalized spacial score (nSPS) is 28.7. The molecule has 8 atom stereocenters. The SMILES string of the molecule is CCCCCCC1CC2C(c3ccccc3-c3ccccc3)=CC=CC2C1[Si](C)(C)C1C(C)CC2C(c3ccc(C)c(C(C)(C)C)c3)=CC=CC21. The van der Waals surface area contributed by atoms with Gasteiger partial charge in [-0.15, -0.1) is 0 Å². The molecule has 8 unspecified atom stereocenters. The number of hydrogen-bond donors (Lipinski definition) is 0. The third-order valence-electron chi connectivity index (χ3n) is 13.9. The van der Waals surface area contributed by atoms with E-state index in [0.717, 1.165) is 22.9 Å². The van der Waals surface area contributed by atoms with Crippen LogP contribution in [-0.4, -0.2) is 8.07 Å². The molecule has 51 heavy (non-hydrogen) atoms. The van der Waals surface area contributed by atoms with Crippen LogP contribution in [0.4, 0.5) is 0 Å². The predicted octanol–water partition coefficient (Wildman–Crippen LogP) is 14.5. The molecule has 0 N–H and O–H groups in total. The van der Waals surface area contributed by atoms with Gasteiger partial charge >= 0.3 is 0 Å². The first-order valence-electron chi connectivity index (χ1n) is 20.5. The zero-order chi connectivity index (χ0) is 35.9. The number of allylic oxidation sites excluding steroid dienone is 8. The molecule has 0 saturated heterocycles. The van der Waals surface area contributed by atoms with Crippen molar-refractivity contribution in [1.82, 2.24) is 0 Å². The van der Waals surface area contributed by atoms with Gasteiger partial charge in [0, 0.05) is 0 Å². The lowest BCUT2D eigenvalue weighted by atomic mass is 9.78. The lowest BCUT2D eigenvalue weighted by Crippen LogP contribution is -2.46. The molecule has 0 heterocycles. The van der Waals surface area contributed by atoms with Gasteiger partial charge in [0.1, 0.15) is 0 Å². The Labute approximate surface area is 312 Å². The van der Waals surface area contributed by atoms with E-state index in [2.05, 4.69) is 164 Å².